The lowest BCUT2D eigenvalue weighted by Crippen LogP contribution is -2.35. The monoisotopic (exact) mass is 532 g/mol. The van der Waals surface area contributed by atoms with Crippen LogP contribution in [0.15, 0.2) is 0 Å². The number of ether oxygens (including phenoxy) is 6. The van der Waals surface area contributed by atoms with E-state index < -0.39 is 11.9 Å². The van der Waals surface area contributed by atoms with Gasteiger partial charge < -0.3 is 28.4 Å². The Morgan fingerprint density at radius 3 is 0.757 bits per heavy atom. The van der Waals surface area contributed by atoms with Gasteiger partial charge in [-0.25, -0.2) is 0 Å². The van der Waals surface area contributed by atoms with E-state index >= 15 is 0 Å². The highest BCUT2D eigenvalue weighted by Gasteiger charge is 2.29. The van der Waals surface area contributed by atoms with Crippen LogP contribution in [0.5, 0.6) is 0 Å². The highest BCUT2D eigenvalue weighted by Crippen LogP contribution is 2.38. The normalized spacial score (nSPS) is 13.0. The smallest absolute Gasteiger partial charge is 0.282 e. The van der Waals surface area contributed by atoms with Gasteiger partial charge in [0.25, 0.3) is 11.9 Å². The second kappa shape index (κ2) is 22.6. The second-order valence-electron chi connectivity index (χ2n) is 10.7. The molecule has 0 fully saturated rings. The van der Waals surface area contributed by atoms with Gasteiger partial charge in [-0.1, -0.05) is 104 Å². The first-order valence-corrected chi connectivity index (χ1v) is 15.2. The molecule has 6 heteroatoms. The third kappa shape index (κ3) is 15.2. The fraction of sp³-hybridized carbons (Fsp3) is 1.00. The minimum absolute atomic E-state index is 0.563. The molecule has 0 aromatic carbocycles. The molecule has 0 N–H and O–H groups in total. The van der Waals surface area contributed by atoms with E-state index in [-0.39, 0.29) is 0 Å². The summed E-state index contributed by atoms with van der Waals surface area (Å²) in [6.07, 6.45) is 25.0. The molecule has 0 spiro atoms. The average Bonchev–Trinajstić information content (AvgIpc) is 2.95. The summed E-state index contributed by atoms with van der Waals surface area (Å²) in [4.78, 5) is 0. The van der Waals surface area contributed by atoms with Crippen LogP contribution in [0.3, 0.4) is 0 Å². The van der Waals surface area contributed by atoms with E-state index in [1.165, 1.54) is 103 Å². The first kappa shape index (κ1) is 36.8. The molecule has 0 aliphatic rings. The molecule has 0 saturated carbocycles. The zero-order valence-electron chi connectivity index (χ0n) is 26.1. The first-order valence-electron chi connectivity index (χ1n) is 15.2. The summed E-state index contributed by atoms with van der Waals surface area (Å²) in [5.74, 6) is -1.73. The van der Waals surface area contributed by atoms with Gasteiger partial charge >= 0.3 is 0 Å². The van der Waals surface area contributed by atoms with E-state index in [2.05, 4.69) is 13.8 Å². The van der Waals surface area contributed by atoms with Crippen molar-refractivity contribution in [2.75, 3.05) is 42.7 Å². The summed E-state index contributed by atoms with van der Waals surface area (Å²) < 4.78 is 32.3. The molecular weight excluding hydrogens is 468 g/mol. The Balaban J connectivity index is 3.90. The molecule has 37 heavy (non-hydrogen) atoms. The van der Waals surface area contributed by atoms with Crippen LogP contribution < -0.4 is 0 Å². The Labute approximate surface area is 230 Å². The van der Waals surface area contributed by atoms with Crippen LogP contribution in [0.2, 0.25) is 0 Å². The maximum atomic E-state index is 5.38. The van der Waals surface area contributed by atoms with Crippen LogP contribution in [0.4, 0.5) is 0 Å². The molecule has 0 aromatic heterocycles. The number of hydrogen-bond donors (Lipinski definition) is 0. The summed E-state index contributed by atoms with van der Waals surface area (Å²) in [5.41, 5.74) is 0.563. The molecule has 0 atom stereocenters. The van der Waals surface area contributed by atoms with Crippen LogP contribution >= 0.6 is 0 Å². The fourth-order valence-corrected chi connectivity index (χ4v) is 5.65. The Kier molecular flexibility index (Phi) is 22.4. The predicted octanol–water partition coefficient (Wildman–Crippen LogP) is 9.00. The van der Waals surface area contributed by atoms with E-state index in [1.807, 2.05) is 0 Å². The number of methoxy groups -OCH3 is 6. The van der Waals surface area contributed by atoms with Crippen LogP contribution in [0.25, 0.3) is 0 Å². The Morgan fingerprint density at radius 1 is 0.324 bits per heavy atom. The number of hydrogen-bond acceptors (Lipinski definition) is 6. The zero-order chi connectivity index (χ0) is 27.9. The van der Waals surface area contributed by atoms with Gasteiger partial charge in [0.05, 0.1) is 0 Å². The summed E-state index contributed by atoms with van der Waals surface area (Å²) in [7, 11) is 9.84. The molecule has 0 saturated heterocycles. The summed E-state index contributed by atoms with van der Waals surface area (Å²) >= 11 is 0. The van der Waals surface area contributed by atoms with E-state index in [1.54, 1.807) is 42.7 Å². The molecule has 0 aliphatic carbocycles. The summed E-state index contributed by atoms with van der Waals surface area (Å²) in [6, 6.07) is 0. The minimum Gasteiger partial charge on any atom is -0.331 e. The molecular formula is C31H64O6. The third-order valence-corrected chi connectivity index (χ3v) is 8.75. The molecule has 0 amide bonds. The quantitative estimate of drug-likeness (QED) is 0.0740. The third-order valence-electron chi connectivity index (χ3n) is 8.75. The SMILES string of the molecule is CCC(CC)(CCCCCCCCCC(OC)(OC)OC)CCCCCCCCCC(OC)(OC)OC. The van der Waals surface area contributed by atoms with Gasteiger partial charge in [-0.3, -0.25) is 0 Å². The minimum atomic E-state index is -0.865. The molecule has 224 valence electrons. The van der Waals surface area contributed by atoms with Gasteiger partial charge in [0, 0.05) is 55.5 Å². The summed E-state index contributed by atoms with van der Waals surface area (Å²) in [5, 5.41) is 0. The highest BCUT2D eigenvalue weighted by molar-refractivity contribution is 4.76. The molecule has 0 unspecified atom stereocenters. The van der Waals surface area contributed by atoms with Crippen LogP contribution in [0, 0.1) is 5.41 Å². The molecule has 0 aromatic rings. The van der Waals surface area contributed by atoms with Gasteiger partial charge in [-0.05, 0) is 31.1 Å². The standard InChI is InChI=1S/C31H64O6/c1-9-29(10-2,25-21-17-13-11-15-19-23-27-30(32-3,33-4)34-5)26-22-18-14-12-16-20-24-28-31(35-6,36-7)37-8/h9-28H2,1-8H3. The number of unbranched alkanes of at least 4 members (excludes halogenated alkanes) is 12. The van der Waals surface area contributed by atoms with E-state index in [4.69, 9.17) is 28.4 Å². The first-order chi connectivity index (χ1) is 17.9. The molecule has 0 heterocycles. The van der Waals surface area contributed by atoms with Crippen LogP contribution in [-0.2, 0) is 28.4 Å². The van der Waals surface area contributed by atoms with Crippen molar-refractivity contribution < 1.29 is 28.4 Å². The lowest BCUT2D eigenvalue weighted by Gasteiger charge is -2.32. The zero-order valence-corrected chi connectivity index (χ0v) is 26.1. The van der Waals surface area contributed by atoms with Crippen molar-refractivity contribution in [3.05, 3.63) is 0 Å². The predicted molar refractivity (Wildman–Crippen MR) is 154 cm³/mol. The largest absolute Gasteiger partial charge is 0.331 e. The second-order valence-corrected chi connectivity index (χ2v) is 10.7. The topological polar surface area (TPSA) is 55.4 Å². The fourth-order valence-electron chi connectivity index (χ4n) is 5.65. The Bertz CT molecular complexity index is 430. The lowest BCUT2D eigenvalue weighted by molar-refractivity contribution is -0.355. The van der Waals surface area contributed by atoms with Gasteiger partial charge in [-0.15, -0.1) is 0 Å². The van der Waals surface area contributed by atoms with E-state index in [9.17, 15) is 0 Å². The van der Waals surface area contributed by atoms with Crippen molar-refractivity contribution in [1.29, 1.82) is 0 Å². The molecule has 6 nitrogen and oxygen atoms in total. The highest BCUT2D eigenvalue weighted by atomic mass is 16.9. The molecule has 0 aliphatic heterocycles. The van der Waals surface area contributed by atoms with Crippen molar-refractivity contribution >= 4 is 0 Å². The van der Waals surface area contributed by atoms with E-state index in [0.29, 0.717) is 5.41 Å². The van der Waals surface area contributed by atoms with Gasteiger partial charge in [-0.2, -0.15) is 0 Å². The van der Waals surface area contributed by atoms with Crippen molar-refractivity contribution in [1.82, 2.24) is 0 Å². The molecule has 0 bridgehead atoms. The van der Waals surface area contributed by atoms with Gasteiger partial charge in [0.2, 0.25) is 0 Å². The maximum absolute atomic E-state index is 5.38. The van der Waals surface area contributed by atoms with Crippen molar-refractivity contribution in [2.24, 2.45) is 5.41 Å². The Hall–Kier alpha value is -0.240. The maximum Gasteiger partial charge on any atom is 0.282 e. The van der Waals surface area contributed by atoms with Crippen LogP contribution in [0.1, 0.15) is 142 Å². The Morgan fingerprint density at radius 2 is 0.541 bits per heavy atom. The summed E-state index contributed by atoms with van der Waals surface area (Å²) in [6.45, 7) is 4.81. The molecule has 0 radical (unpaired) electrons. The van der Waals surface area contributed by atoms with Crippen molar-refractivity contribution in [2.45, 2.75) is 154 Å². The average molecular weight is 533 g/mol. The van der Waals surface area contributed by atoms with Gasteiger partial charge in [0.15, 0.2) is 0 Å². The lowest BCUT2D eigenvalue weighted by atomic mass is 9.74. The van der Waals surface area contributed by atoms with Crippen LogP contribution in [-0.4, -0.2) is 54.6 Å². The van der Waals surface area contributed by atoms with E-state index in [0.717, 1.165) is 25.7 Å². The number of rotatable bonds is 28. The van der Waals surface area contributed by atoms with Gasteiger partial charge in [0.1, 0.15) is 0 Å². The molecule has 0 rings (SSSR count). The van der Waals surface area contributed by atoms with Crippen molar-refractivity contribution in [3.8, 4) is 0 Å². The van der Waals surface area contributed by atoms with Crippen molar-refractivity contribution in [3.63, 3.8) is 0 Å².